The molecule has 0 saturated carbocycles. The van der Waals surface area contributed by atoms with Gasteiger partial charge in [0, 0.05) is 37.5 Å². The lowest BCUT2D eigenvalue weighted by Gasteiger charge is -2.32. The number of pyridine rings is 1. The Kier molecular flexibility index (Phi) is 6.20. The van der Waals surface area contributed by atoms with Gasteiger partial charge in [-0.25, -0.2) is 0 Å². The number of amides is 1. The van der Waals surface area contributed by atoms with Crippen LogP contribution in [-0.2, 0) is 4.79 Å². The molecular weight excluding hydrogens is 412 g/mol. The molecule has 5 rings (SSSR count). The Morgan fingerprint density at radius 1 is 0.848 bits per heavy atom. The smallest absolute Gasteiger partial charge is 0.260 e. The standard InChI is InChI=1S/C28H26N2O3/c31-27(20-32-24-13-11-22(12-14-24)21-6-2-1-3-7-21)30-18-15-25(16-19-30)33-26-10-4-8-23-9-5-17-29-28(23)26/h1-14,17,25H,15-16,18-20H2. The molecule has 33 heavy (non-hydrogen) atoms. The summed E-state index contributed by atoms with van der Waals surface area (Å²) in [4.78, 5) is 19.0. The molecule has 166 valence electrons. The highest BCUT2D eigenvalue weighted by Crippen LogP contribution is 2.27. The van der Waals surface area contributed by atoms with E-state index in [-0.39, 0.29) is 18.6 Å². The first kappa shape index (κ1) is 21.0. The molecule has 0 spiro atoms. The maximum Gasteiger partial charge on any atom is 0.260 e. The first-order chi connectivity index (χ1) is 16.3. The lowest BCUT2D eigenvalue weighted by molar-refractivity contribution is -0.135. The summed E-state index contributed by atoms with van der Waals surface area (Å²) in [5, 5.41) is 1.07. The number of hydrogen-bond donors (Lipinski definition) is 0. The maximum absolute atomic E-state index is 12.6. The van der Waals surface area contributed by atoms with Gasteiger partial charge in [0.05, 0.1) is 0 Å². The van der Waals surface area contributed by atoms with E-state index in [4.69, 9.17) is 9.47 Å². The van der Waals surface area contributed by atoms with Gasteiger partial charge in [-0.05, 0) is 35.4 Å². The molecule has 0 bridgehead atoms. The largest absolute Gasteiger partial charge is 0.488 e. The highest BCUT2D eigenvalue weighted by atomic mass is 16.5. The van der Waals surface area contributed by atoms with Crippen LogP contribution in [0.25, 0.3) is 22.0 Å². The van der Waals surface area contributed by atoms with E-state index < -0.39 is 0 Å². The Labute approximate surface area is 193 Å². The summed E-state index contributed by atoms with van der Waals surface area (Å²) in [6, 6.07) is 28.0. The molecule has 2 heterocycles. The lowest BCUT2D eigenvalue weighted by atomic mass is 10.1. The highest BCUT2D eigenvalue weighted by molar-refractivity contribution is 5.84. The SMILES string of the molecule is O=C(COc1ccc(-c2ccccc2)cc1)N1CCC(Oc2cccc3cccnc23)CC1. The molecule has 1 aromatic heterocycles. The predicted molar refractivity (Wildman–Crippen MR) is 129 cm³/mol. The predicted octanol–water partition coefficient (Wildman–Crippen LogP) is 5.35. The van der Waals surface area contributed by atoms with Crippen molar-refractivity contribution in [3.63, 3.8) is 0 Å². The number of fused-ring (bicyclic) bond motifs is 1. The fraction of sp³-hybridized carbons (Fsp3) is 0.214. The topological polar surface area (TPSA) is 51.7 Å². The van der Waals surface area contributed by atoms with Gasteiger partial charge in [-0.15, -0.1) is 0 Å². The summed E-state index contributed by atoms with van der Waals surface area (Å²) in [7, 11) is 0. The van der Waals surface area contributed by atoms with Crippen LogP contribution in [0.15, 0.2) is 91.1 Å². The Hall–Kier alpha value is -3.86. The molecule has 1 fully saturated rings. The summed E-state index contributed by atoms with van der Waals surface area (Å²) in [6.45, 7) is 1.37. The molecule has 1 saturated heterocycles. The van der Waals surface area contributed by atoms with Gasteiger partial charge in [0.1, 0.15) is 23.1 Å². The number of hydrogen-bond acceptors (Lipinski definition) is 4. The molecule has 0 unspecified atom stereocenters. The zero-order chi connectivity index (χ0) is 22.5. The minimum Gasteiger partial charge on any atom is -0.488 e. The number of likely N-dealkylation sites (tertiary alicyclic amines) is 1. The third-order valence-corrected chi connectivity index (χ3v) is 6.01. The molecule has 0 N–H and O–H groups in total. The van der Waals surface area contributed by atoms with E-state index in [1.54, 1.807) is 6.20 Å². The van der Waals surface area contributed by atoms with Crippen LogP contribution in [0.4, 0.5) is 0 Å². The molecular formula is C28H26N2O3. The van der Waals surface area contributed by atoms with Crippen molar-refractivity contribution in [2.45, 2.75) is 18.9 Å². The summed E-state index contributed by atoms with van der Waals surface area (Å²) < 4.78 is 12.0. The highest BCUT2D eigenvalue weighted by Gasteiger charge is 2.24. The lowest BCUT2D eigenvalue weighted by Crippen LogP contribution is -2.43. The Morgan fingerprint density at radius 2 is 1.58 bits per heavy atom. The second-order valence-corrected chi connectivity index (χ2v) is 8.21. The van der Waals surface area contributed by atoms with Crippen LogP contribution in [-0.4, -0.2) is 41.6 Å². The van der Waals surface area contributed by atoms with Crippen molar-refractivity contribution < 1.29 is 14.3 Å². The number of carbonyl (C=O) groups excluding carboxylic acids is 1. The molecule has 1 aliphatic rings. The minimum absolute atomic E-state index is 0.00686. The fourth-order valence-electron chi connectivity index (χ4n) is 4.18. The third kappa shape index (κ3) is 4.98. The van der Waals surface area contributed by atoms with Gasteiger partial charge >= 0.3 is 0 Å². The molecule has 0 atom stereocenters. The van der Waals surface area contributed by atoms with Gasteiger partial charge in [0.2, 0.25) is 0 Å². The van der Waals surface area contributed by atoms with Crippen molar-refractivity contribution in [3.8, 4) is 22.6 Å². The summed E-state index contributed by atoms with van der Waals surface area (Å²) in [5.74, 6) is 1.51. The number of para-hydroxylation sites is 1. The molecule has 0 aliphatic carbocycles. The van der Waals surface area contributed by atoms with Crippen molar-refractivity contribution in [2.24, 2.45) is 0 Å². The van der Waals surface area contributed by atoms with Crippen LogP contribution in [0, 0.1) is 0 Å². The number of benzene rings is 3. The molecule has 0 radical (unpaired) electrons. The average Bonchev–Trinajstić information content (AvgIpc) is 2.89. The quantitative estimate of drug-likeness (QED) is 0.407. The molecule has 1 amide bonds. The van der Waals surface area contributed by atoms with Crippen LogP contribution in [0.3, 0.4) is 0 Å². The van der Waals surface area contributed by atoms with E-state index in [1.807, 2.05) is 77.7 Å². The van der Waals surface area contributed by atoms with Crippen LogP contribution in [0.1, 0.15) is 12.8 Å². The first-order valence-electron chi connectivity index (χ1n) is 11.3. The second-order valence-electron chi connectivity index (χ2n) is 8.21. The number of nitrogens with zero attached hydrogens (tertiary/aromatic N) is 2. The van der Waals surface area contributed by atoms with E-state index >= 15 is 0 Å². The van der Waals surface area contributed by atoms with E-state index in [9.17, 15) is 4.79 Å². The summed E-state index contributed by atoms with van der Waals surface area (Å²) in [6.07, 6.45) is 3.45. The minimum atomic E-state index is 0.00686. The second kappa shape index (κ2) is 9.74. The van der Waals surface area contributed by atoms with Gasteiger partial charge in [-0.2, -0.15) is 0 Å². The number of piperidine rings is 1. The van der Waals surface area contributed by atoms with Gasteiger partial charge in [-0.3, -0.25) is 9.78 Å². The van der Waals surface area contributed by atoms with Crippen molar-refractivity contribution in [3.05, 3.63) is 91.1 Å². The van der Waals surface area contributed by atoms with Crippen molar-refractivity contribution in [1.82, 2.24) is 9.88 Å². The van der Waals surface area contributed by atoms with E-state index in [0.29, 0.717) is 18.8 Å². The average molecular weight is 439 g/mol. The van der Waals surface area contributed by atoms with E-state index in [1.165, 1.54) is 0 Å². The third-order valence-electron chi connectivity index (χ3n) is 6.01. The molecule has 5 nitrogen and oxygen atoms in total. The first-order valence-corrected chi connectivity index (χ1v) is 11.3. The van der Waals surface area contributed by atoms with Crippen molar-refractivity contribution in [2.75, 3.05) is 19.7 Å². The van der Waals surface area contributed by atoms with Crippen LogP contribution < -0.4 is 9.47 Å². The normalized spacial score (nSPS) is 14.2. The Balaban J connectivity index is 1.11. The van der Waals surface area contributed by atoms with Gasteiger partial charge < -0.3 is 14.4 Å². The number of carbonyl (C=O) groups is 1. The monoisotopic (exact) mass is 438 g/mol. The van der Waals surface area contributed by atoms with Crippen LogP contribution in [0.5, 0.6) is 11.5 Å². The molecule has 1 aliphatic heterocycles. The van der Waals surface area contributed by atoms with Crippen LogP contribution in [0.2, 0.25) is 0 Å². The molecule has 3 aromatic carbocycles. The van der Waals surface area contributed by atoms with E-state index in [2.05, 4.69) is 17.1 Å². The summed E-state index contributed by atoms with van der Waals surface area (Å²) in [5.41, 5.74) is 3.16. The molecule has 4 aromatic rings. The van der Waals surface area contributed by atoms with Gasteiger partial charge in [0.25, 0.3) is 5.91 Å². The Morgan fingerprint density at radius 3 is 2.36 bits per heavy atom. The number of aromatic nitrogens is 1. The van der Waals surface area contributed by atoms with Gasteiger partial charge in [-0.1, -0.05) is 60.7 Å². The number of rotatable bonds is 6. The fourth-order valence-corrected chi connectivity index (χ4v) is 4.18. The zero-order valence-electron chi connectivity index (χ0n) is 18.4. The number of ether oxygens (including phenoxy) is 2. The maximum atomic E-state index is 12.6. The van der Waals surface area contributed by atoms with Crippen molar-refractivity contribution in [1.29, 1.82) is 0 Å². The Bertz CT molecular complexity index is 1210. The van der Waals surface area contributed by atoms with Crippen LogP contribution >= 0.6 is 0 Å². The van der Waals surface area contributed by atoms with Gasteiger partial charge in [0.15, 0.2) is 6.61 Å². The zero-order valence-corrected chi connectivity index (χ0v) is 18.4. The molecule has 5 heteroatoms. The van der Waals surface area contributed by atoms with E-state index in [0.717, 1.165) is 40.6 Å². The summed E-state index contributed by atoms with van der Waals surface area (Å²) >= 11 is 0. The van der Waals surface area contributed by atoms with Crippen molar-refractivity contribution >= 4 is 16.8 Å².